The molecular formula is C50H30N4. The van der Waals surface area contributed by atoms with Crippen LogP contribution in [0.5, 0.6) is 0 Å². The van der Waals surface area contributed by atoms with Gasteiger partial charge in [0.1, 0.15) is 0 Å². The van der Waals surface area contributed by atoms with Gasteiger partial charge in [-0.15, -0.1) is 0 Å². The highest BCUT2D eigenvalue weighted by Crippen LogP contribution is 2.50. The summed E-state index contributed by atoms with van der Waals surface area (Å²) in [5, 5.41) is 7.44. The Hall–Kier alpha value is -7.30. The zero-order valence-electron chi connectivity index (χ0n) is 29.1. The van der Waals surface area contributed by atoms with Crippen molar-refractivity contribution in [1.29, 1.82) is 0 Å². The third-order valence-electron chi connectivity index (χ3n) is 11.3. The summed E-state index contributed by atoms with van der Waals surface area (Å²) in [4.78, 5) is 10.6. The summed E-state index contributed by atoms with van der Waals surface area (Å²) in [5.74, 6) is 0.722. The summed E-state index contributed by atoms with van der Waals surface area (Å²) >= 11 is 0. The van der Waals surface area contributed by atoms with E-state index in [1.807, 2.05) is 0 Å². The number of hydrogen-bond acceptors (Lipinski definition) is 2. The van der Waals surface area contributed by atoms with E-state index in [4.69, 9.17) is 9.97 Å². The van der Waals surface area contributed by atoms with E-state index in [9.17, 15) is 0 Å². The predicted octanol–water partition coefficient (Wildman–Crippen LogP) is 12.8. The molecule has 0 saturated carbocycles. The Morgan fingerprint density at radius 1 is 0.352 bits per heavy atom. The number of para-hydroxylation sites is 3. The lowest BCUT2D eigenvalue weighted by molar-refractivity contribution is 1.15. The topological polar surface area (TPSA) is 35.6 Å². The first-order chi connectivity index (χ1) is 26.8. The van der Waals surface area contributed by atoms with Gasteiger partial charge in [-0.3, -0.25) is 0 Å². The van der Waals surface area contributed by atoms with Crippen molar-refractivity contribution in [2.75, 3.05) is 0 Å². The molecular weight excluding hydrogens is 657 g/mol. The van der Waals surface area contributed by atoms with E-state index in [0.717, 1.165) is 50.8 Å². The molecule has 0 amide bonds. The van der Waals surface area contributed by atoms with E-state index in [1.165, 1.54) is 60.0 Å². The molecule has 1 aliphatic rings. The fraction of sp³-hybridized carbons (Fsp3) is 0. The lowest BCUT2D eigenvalue weighted by Crippen LogP contribution is -1.99. The number of aromatic nitrogens is 4. The molecule has 0 spiro atoms. The Labute approximate surface area is 310 Å². The van der Waals surface area contributed by atoms with E-state index in [-0.39, 0.29) is 0 Å². The van der Waals surface area contributed by atoms with Gasteiger partial charge >= 0.3 is 0 Å². The highest BCUT2D eigenvalue weighted by atomic mass is 15.0. The number of hydrogen-bond donors (Lipinski definition) is 0. The molecule has 0 bridgehead atoms. The molecule has 0 saturated heterocycles. The summed E-state index contributed by atoms with van der Waals surface area (Å²) in [5.41, 5.74) is 14.5. The fourth-order valence-electron chi connectivity index (χ4n) is 8.93. The number of fused-ring (bicyclic) bond motifs is 9. The van der Waals surface area contributed by atoms with E-state index < -0.39 is 0 Å². The molecule has 0 unspecified atom stereocenters. The zero-order chi connectivity index (χ0) is 35.3. The van der Waals surface area contributed by atoms with E-state index in [1.54, 1.807) is 0 Å². The number of nitrogens with zero attached hydrogens (tertiary/aromatic N) is 4. The molecule has 1 aliphatic carbocycles. The van der Waals surface area contributed by atoms with Crippen molar-refractivity contribution in [3.8, 4) is 56.4 Å². The standard InChI is InChI=1S/C50H30N4/c1-2-12-32(13-3-1)48-47-40-19-10-14-31-15-11-20-41(46(31)40)49(47)52-50(51-48)33-24-26-34(27-25-33)53-42-21-7-6-18-38(42)39-29-28-35(30-45(39)53)54-43-22-8-4-16-36(43)37-17-5-9-23-44(37)54/h1-30H. The van der Waals surface area contributed by atoms with Crippen molar-refractivity contribution in [2.45, 2.75) is 0 Å². The minimum Gasteiger partial charge on any atom is -0.309 e. The van der Waals surface area contributed by atoms with E-state index in [2.05, 4.69) is 191 Å². The van der Waals surface area contributed by atoms with Crippen molar-refractivity contribution in [3.63, 3.8) is 0 Å². The molecule has 54 heavy (non-hydrogen) atoms. The molecule has 4 nitrogen and oxygen atoms in total. The van der Waals surface area contributed by atoms with Crippen LogP contribution in [0.25, 0.3) is 111 Å². The maximum absolute atomic E-state index is 5.32. The van der Waals surface area contributed by atoms with Crippen LogP contribution < -0.4 is 0 Å². The van der Waals surface area contributed by atoms with Gasteiger partial charge in [-0.25, -0.2) is 9.97 Å². The van der Waals surface area contributed by atoms with Gasteiger partial charge in [0.15, 0.2) is 5.82 Å². The van der Waals surface area contributed by atoms with Crippen LogP contribution in [0, 0.1) is 0 Å². The summed E-state index contributed by atoms with van der Waals surface area (Å²) in [6, 6.07) is 65.3. The normalized spacial score (nSPS) is 12.1. The summed E-state index contributed by atoms with van der Waals surface area (Å²) in [6.45, 7) is 0. The SMILES string of the molecule is c1ccc(-c2nc(-c3ccc(-n4c5ccccc5c5ccc(-n6c7ccccc7c7ccccc76)cc54)cc3)nc3c2-c2cccc4cccc-3c24)cc1. The molecule has 0 fully saturated rings. The molecule has 0 aliphatic heterocycles. The number of rotatable bonds is 4. The quantitative estimate of drug-likeness (QED) is 0.185. The van der Waals surface area contributed by atoms with Gasteiger partial charge < -0.3 is 9.13 Å². The predicted molar refractivity (Wildman–Crippen MR) is 224 cm³/mol. The number of benzene rings is 8. The molecule has 11 aromatic rings. The van der Waals surface area contributed by atoms with Gasteiger partial charge in [0, 0.05) is 55.2 Å². The summed E-state index contributed by atoms with van der Waals surface area (Å²) in [7, 11) is 0. The highest BCUT2D eigenvalue weighted by molar-refractivity contribution is 6.17. The largest absolute Gasteiger partial charge is 0.309 e. The van der Waals surface area contributed by atoms with Crippen LogP contribution in [0.4, 0.5) is 0 Å². The lowest BCUT2D eigenvalue weighted by Gasteiger charge is -2.13. The fourth-order valence-corrected chi connectivity index (χ4v) is 8.93. The summed E-state index contributed by atoms with van der Waals surface area (Å²) in [6.07, 6.45) is 0. The van der Waals surface area contributed by atoms with Crippen LogP contribution in [-0.2, 0) is 0 Å². The Morgan fingerprint density at radius 2 is 0.889 bits per heavy atom. The van der Waals surface area contributed by atoms with Crippen molar-refractivity contribution in [1.82, 2.24) is 19.1 Å². The third-order valence-corrected chi connectivity index (χ3v) is 11.3. The Balaban J connectivity index is 1.04. The van der Waals surface area contributed by atoms with Crippen LogP contribution >= 0.6 is 0 Å². The molecule has 250 valence electrons. The molecule has 0 N–H and O–H groups in total. The van der Waals surface area contributed by atoms with Gasteiger partial charge in [0.2, 0.25) is 0 Å². The van der Waals surface area contributed by atoms with Crippen LogP contribution in [0.15, 0.2) is 182 Å². The molecule has 8 aromatic carbocycles. The first-order valence-electron chi connectivity index (χ1n) is 18.4. The monoisotopic (exact) mass is 686 g/mol. The second-order valence-corrected chi connectivity index (χ2v) is 14.2. The van der Waals surface area contributed by atoms with E-state index >= 15 is 0 Å². The average molecular weight is 687 g/mol. The van der Waals surface area contributed by atoms with Crippen LogP contribution in [0.2, 0.25) is 0 Å². The van der Waals surface area contributed by atoms with Gasteiger partial charge in [0.25, 0.3) is 0 Å². The molecule has 0 atom stereocenters. The van der Waals surface area contributed by atoms with Gasteiger partial charge in [-0.1, -0.05) is 127 Å². The zero-order valence-corrected chi connectivity index (χ0v) is 29.1. The maximum atomic E-state index is 5.32. The minimum absolute atomic E-state index is 0.722. The first-order valence-corrected chi connectivity index (χ1v) is 18.4. The Morgan fingerprint density at radius 3 is 1.56 bits per heavy atom. The Bertz CT molecular complexity index is 3260. The third kappa shape index (κ3) is 4.08. The molecule has 0 radical (unpaired) electrons. The Kier molecular flexibility index (Phi) is 6.02. The van der Waals surface area contributed by atoms with Gasteiger partial charge in [-0.2, -0.15) is 0 Å². The van der Waals surface area contributed by atoms with Crippen LogP contribution in [0.1, 0.15) is 0 Å². The lowest BCUT2D eigenvalue weighted by atomic mass is 9.99. The van der Waals surface area contributed by atoms with Crippen molar-refractivity contribution < 1.29 is 0 Å². The molecule has 3 aromatic heterocycles. The highest BCUT2D eigenvalue weighted by Gasteiger charge is 2.28. The molecule has 4 heteroatoms. The van der Waals surface area contributed by atoms with E-state index in [0.29, 0.717) is 0 Å². The van der Waals surface area contributed by atoms with Crippen molar-refractivity contribution >= 4 is 54.4 Å². The van der Waals surface area contributed by atoms with Gasteiger partial charge in [-0.05, 0) is 70.9 Å². The first kappa shape index (κ1) is 29.3. The minimum atomic E-state index is 0.722. The van der Waals surface area contributed by atoms with Gasteiger partial charge in [0.05, 0.1) is 33.5 Å². The van der Waals surface area contributed by atoms with Crippen molar-refractivity contribution in [3.05, 3.63) is 182 Å². The molecule has 12 rings (SSSR count). The average Bonchev–Trinajstić information content (AvgIpc) is 3.87. The maximum Gasteiger partial charge on any atom is 0.160 e. The van der Waals surface area contributed by atoms with Crippen molar-refractivity contribution in [2.24, 2.45) is 0 Å². The molecule has 3 heterocycles. The van der Waals surface area contributed by atoms with Crippen LogP contribution in [0.3, 0.4) is 0 Å². The smallest absolute Gasteiger partial charge is 0.160 e. The second-order valence-electron chi connectivity index (χ2n) is 14.2. The van der Waals surface area contributed by atoms with Crippen LogP contribution in [-0.4, -0.2) is 19.1 Å². The second kappa shape index (κ2) is 11.1. The summed E-state index contributed by atoms with van der Waals surface area (Å²) < 4.78 is 4.78.